The number of nitrogens with zero attached hydrogens (tertiary/aromatic N) is 1. The lowest BCUT2D eigenvalue weighted by Crippen LogP contribution is -2.21. The van der Waals surface area contributed by atoms with Crippen LogP contribution in [-0.2, 0) is 6.42 Å². The highest BCUT2D eigenvalue weighted by Gasteiger charge is 2.01. The lowest BCUT2D eigenvalue weighted by Gasteiger charge is -2.15. The minimum absolute atomic E-state index is 0.175. The topological polar surface area (TPSA) is 49.5 Å². The molecule has 0 aliphatic heterocycles. The van der Waals surface area contributed by atoms with Gasteiger partial charge in [-0.3, -0.25) is 0 Å². The van der Waals surface area contributed by atoms with Crippen LogP contribution < -0.4 is 5.73 Å². The molecule has 0 amide bonds. The van der Waals surface area contributed by atoms with Gasteiger partial charge in [0.15, 0.2) is 0 Å². The highest BCUT2D eigenvalue weighted by Crippen LogP contribution is 2.21. The minimum atomic E-state index is 0.175. The lowest BCUT2D eigenvalue weighted by molar-refractivity contribution is 0.323. The number of aromatic hydroxyl groups is 1. The van der Waals surface area contributed by atoms with Crippen molar-refractivity contribution in [2.24, 2.45) is 0 Å². The molecule has 0 saturated heterocycles. The molecule has 0 unspecified atom stereocenters. The maximum absolute atomic E-state index is 9.32. The van der Waals surface area contributed by atoms with E-state index in [2.05, 4.69) is 18.9 Å². The van der Waals surface area contributed by atoms with Crippen molar-refractivity contribution in [2.45, 2.75) is 32.6 Å². The molecule has 0 atom stereocenters. The molecule has 0 bridgehead atoms. The van der Waals surface area contributed by atoms with Gasteiger partial charge in [-0.25, -0.2) is 0 Å². The van der Waals surface area contributed by atoms with Crippen molar-refractivity contribution in [1.29, 1.82) is 0 Å². The van der Waals surface area contributed by atoms with Crippen LogP contribution in [0.15, 0.2) is 18.2 Å². The second-order valence-electron chi connectivity index (χ2n) is 4.65. The maximum Gasteiger partial charge on any atom is 0.138 e. The minimum Gasteiger partial charge on any atom is -0.506 e. The van der Waals surface area contributed by atoms with E-state index in [0.29, 0.717) is 5.69 Å². The Labute approximate surface area is 104 Å². The molecular formula is C14H24N2O. The van der Waals surface area contributed by atoms with Gasteiger partial charge in [0, 0.05) is 0 Å². The zero-order valence-electron chi connectivity index (χ0n) is 10.9. The molecular weight excluding hydrogens is 212 g/mol. The molecule has 0 heterocycles. The van der Waals surface area contributed by atoms with Crippen molar-refractivity contribution in [2.75, 3.05) is 25.9 Å². The Morgan fingerprint density at radius 3 is 2.59 bits per heavy atom. The summed E-state index contributed by atoms with van der Waals surface area (Å²) in [6.45, 7) is 4.50. The predicted octanol–water partition coefficient (Wildman–Crippen LogP) is 2.64. The van der Waals surface area contributed by atoms with Crippen LogP contribution in [-0.4, -0.2) is 30.1 Å². The van der Waals surface area contributed by atoms with E-state index in [1.165, 1.54) is 24.9 Å². The van der Waals surface area contributed by atoms with Gasteiger partial charge in [-0.15, -0.1) is 0 Å². The van der Waals surface area contributed by atoms with E-state index in [0.717, 1.165) is 19.4 Å². The van der Waals surface area contributed by atoms with E-state index in [4.69, 9.17) is 5.73 Å². The van der Waals surface area contributed by atoms with E-state index in [1.54, 1.807) is 6.07 Å². The first-order valence-corrected chi connectivity index (χ1v) is 6.39. The summed E-state index contributed by atoms with van der Waals surface area (Å²) in [5, 5.41) is 9.32. The summed E-state index contributed by atoms with van der Waals surface area (Å²) in [6.07, 6.45) is 4.66. The number of hydrogen-bond donors (Lipinski definition) is 2. The molecule has 3 nitrogen and oxygen atoms in total. The quantitative estimate of drug-likeness (QED) is 0.565. The normalized spacial score (nSPS) is 11.0. The number of anilines is 1. The van der Waals surface area contributed by atoms with Gasteiger partial charge in [-0.1, -0.05) is 19.4 Å². The van der Waals surface area contributed by atoms with E-state index < -0.39 is 0 Å². The highest BCUT2D eigenvalue weighted by molar-refractivity contribution is 5.53. The molecule has 0 spiro atoms. The van der Waals surface area contributed by atoms with Crippen LogP contribution in [0, 0.1) is 0 Å². The molecule has 1 aromatic rings. The molecule has 96 valence electrons. The van der Waals surface area contributed by atoms with E-state index in [1.807, 2.05) is 12.1 Å². The highest BCUT2D eigenvalue weighted by atomic mass is 16.3. The summed E-state index contributed by atoms with van der Waals surface area (Å²) < 4.78 is 0. The number of phenolic OH excluding ortho intramolecular Hbond substituents is 1. The Morgan fingerprint density at radius 2 is 1.94 bits per heavy atom. The third kappa shape index (κ3) is 5.09. The first-order chi connectivity index (χ1) is 8.13. The van der Waals surface area contributed by atoms with Crippen LogP contribution in [0.25, 0.3) is 0 Å². The Kier molecular flexibility index (Phi) is 5.84. The van der Waals surface area contributed by atoms with Crippen molar-refractivity contribution in [3.63, 3.8) is 0 Å². The molecule has 0 radical (unpaired) electrons. The summed E-state index contributed by atoms with van der Waals surface area (Å²) in [4.78, 5) is 2.37. The van der Waals surface area contributed by atoms with E-state index >= 15 is 0 Å². The molecule has 17 heavy (non-hydrogen) atoms. The zero-order chi connectivity index (χ0) is 12.7. The third-order valence-corrected chi connectivity index (χ3v) is 2.99. The van der Waals surface area contributed by atoms with Crippen LogP contribution in [0.2, 0.25) is 0 Å². The number of phenols is 1. The smallest absolute Gasteiger partial charge is 0.138 e. The van der Waals surface area contributed by atoms with Crippen LogP contribution >= 0.6 is 0 Å². The van der Waals surface area contributed by atoms with Crippen molar-refractivity contribution in [3.8, 4) is 5.75 Å². The molecule has 3 N–H and O–H groups in total. The molecule has 1 rings (SSSR count). The first-order valence-electron chi connectivity index (χ1n) is 6.39. The number of unbranched alkanes of at least 4 members (excludes halogenated alkanes) is 1. The largest absolute Gasteiger partial charge is 0.506 e. The second-order valence-corrected chi connectivity index (χ2v) is 4.65. The number of nitrogens with two attached hydrogens (primary N) is 1. The Bertz CT molecular complexity index is 339. The number of hydrogen-bond acceptors (Lipinski definition) is 3. The summed E-state index contributed by atoms with van der Waals surface area (Å²) in [5.41, 5.74) is 7.33. The number of benzene rings is 1. The van der Waals surface area contributed by atoms with Gasteiger partial charge in [0.25, 0.3) is 0 Å². The average molecular weight is 236 g/mol. The molecule has 1 aromatic carbocycles. The second kappa shape index (κ2) is 7.17. The Hall–Kier alpha value is -1.22. The molecule has 0 aromatic heterocycles. The van der Waals surface area contributed by atoms with Crippen molar-refractivity contribution in [3.05, 3.63) is 23.8 Å². The van der Waals surface area contributed by atoms with Gasteiger partial charge in [-0.05, 0) is 57.1 Å². The fourth-order valence-electron chi connectivity index (χ4n) is 1.85. The SMILES string of the molecule is CCCCN(C)CCCc1ccc(O)c(N)c1. The summed E-state index contributed by atoms with van der Waals surface area (Å²) >= 11 is 0. The van der Waals surface area contributed by atoms with Gasteiger partial charge in [0.1, 0.15) is 5.75 Å². The lowest BCUT2D eigenvalue weighted by atomic mass is 10.1. The fourth-order valence-corrected chi connectivity index (χ4v) is 1.85. The molecule has 0 aliphatic rings. The average Bonchev–Trinajstić information content (AvgIpc) is 2.31. The van der Waals surface area contributed by atoms with E-state index in [-0.39, 0.29) is 5.75 Å². The van der Waals surface area contributed by atoms with Crippen LogP contribution in [0.4, 0.5) is 5.69 Å². The summed E-state index contributed by atoms with van der Waals surface area (Å²) in [7, 11) is 2.17. The zero-order valence-corrected chi connectivity index (χ0v) is 10.9. The monoisotopic (exact) mass is 236 g/mol. The maximum atomic E-state index is 9.32. The van der Waals surface area contributed by atoms with Crippen molar-refractivity contribution < 1.29 is 5.11 Å². The van der Waals surface area contributed by atoms with Gasteiger partial charge in [0.05, 0.1) is 5.69 Å². The van der Waals surface area contributed by atoms with Gasteiger partial charge in [0.2, 0.25) is 0 Å². The Morgan fingerprint density at radius 1 is 1.24 bits per heavy atom. The van der Waals surface area contributed by atoms with Crippen molar-refractivity contribution >= 4 is 5.69 Å². The van der Waals surface area contributed by atoms with Crippen LogP contribution in [0.5, 0.6) is 5.75 Å². The molecule has 0 saturated carbocycles. The van der Waals surface area contributed by atoms with Crippen LogP contribution in [0.3, 0.4) is 0 Å². The number of aryl methyl sites for hydroxylation is 1. The third-order valence-electron chi connectivity index (χ3n) is 2.99. The standard InChI is InChI=1S/C14H24N2O/c1-3-4-9-16(2)10-5-6-12-7-8-14(17)13(15)11-12/h7-8,11,17H,3-6,9-10,15H2,1-2H3. The number of rotatable bonds is 7. The molecule has 0 aliphatic carbocycles. The Balaban J connectivity index is 2.28. The number of nitrogen functional groups attached to an aromatic ring is 1. The van der Waals surface area contributed by atoms with Gasteiger partial charge in [-0.2, -0.15) is 0 Å². The first kappa shape index (κ1) is 13.8. The molecule has 0 fully saturated rings. The van der Waals surface area contributed by atoms with Crippen LogP contribution in [0.1, 0.15) is 31.7 Å². The summed E-state index contributed by atoms with van der Waals surface area (Å²) in [5.74, 6) is 0.175. The van der Waals surface area contributed by atoms with Gasteiger partial charge < -0.3 is 15.7 Å². The summed E-state index contributed by atoms with van der Waals surface area (Å²) in [6, 6.07) is 5.48. The van der Waals surface area contributed by atoms with Gasteiger partial charge >= 0.3 is 0 Å². The van der Waals surface area contributed by atoms with Crippen molar-refractivity contribution in [1.82, 2.24) is 4.90 Å². The molecule has 3 heteroatoms. The fraction of sp³-hybridized carbons (Fsp3) is 0.571. The van der Waals surface area contributed by atoms with E-state index in [9.17, 15) is 5.11 Å². The predicted molar refractivity (Wildman–Crippen MR) is 73.2 cm³/mol.